The molecule has 3 rings (SSSR count). The predicted octanol–water partition coefficient (Wildman–Crippen LogP) is 3.94. The number of nitrogens with one attached hydrogen (secondary N) is 1. The van der Waals surface area contributed by atoms with Gasteiger partial charge in [0.1, 0.15) is 12.4 Å². The predicted molar refractivity (Wildman–Crippen MR) is 99.2 cm³/mol. The van der Waals surface area contributed by atoms with Crippen molar-refractivity contribution in [1.29, 1.82) is 5.26 Å². The molecule has 0 aromatic heterocycles. The van der Waals surface area contributed by atoms with Crippen molar-refractivity contribution in [3.63, 3.8) is 0 Å². The molecule has 0 fully saturated rings. The van der Waals surface area contributed by atoms with E-state index in [0.717, 1.165) is 5.56 Å². The Morgan fingerprint density at radius 1 is 0.923 bits per heavy atom. The molecule has 130 valence electrons. The third-order valence-electron chi connectivity index (χ3n) is 3.63. The average Bonchev–Trinajstić information content (AvgIpc) is 2.67. The second-order valence-corrected chi connectivity index (χ2v) is 7.23. The summed E-state index contributed by atoms with van der Waals surface area (Å²) in [6.45, 7) is 0.396. The van der Waals surface area contributed by atoms with Crippen molar-refractivity contribution in [2.75, 3.05) is 4.72 Å². The van der Waals surface area contributed by atoms with E-state index in [-0.39, 0.29) is 4.90 Å². The van der Waals surface area contributed by atoms with Crippen molar-refractivity contribution in [3.8, 4) is 11.8 Å². The van der Waals surface area contributed by atoms with Crippen molar-refractivity contribution in [3.05, 3.63) is 90.0 Å². The number of nitrogens with zero attached hydrogens (tertiary/aromatic N) is 1. The van der Waals surface area contributed by atoms with Gasteiger partial charge in [0.25, 0.3) is 10.0 Å². The molecule has 0 aliphatic heterocycles. The van der Waals surface area contributed by atoms with Crippen molar-refractivity contribution in [2.24, 2.45) is 0 Å². The number of benzene rings is 3. The van der Waals surface area contributed by atoms with E-state index in [2.05, 4.69) is 4.72 Å². The maximum absolute atomic E-state index is 12.5. The molecule has 0 aliphatic rings. The molecule has 0 amide bonds. The van der Waals surface area contributed by atoms with Crippen LogP contribution in [0.5, 0.6) is 5.75 Å². The lowest BCUT2D eigenvalue weighted by Crippen LogP contribution is -2.12. The van der Waals surface area contributed by atoms with Gasteiger partial charge in [-0.1, -0.05) is 36.4 Å². The summed E-state index contributed by atoms with van der Waals surface area (Å²) in [5.74, 6) is 0.564. The highest BCUT2D eigenvalue weighted by molar-refractivity contribution is 7.92. The van der Waals surface area contributed by atoms with Crippen LogP contribution in [-0.4, -0.2) is 8.42 Å². The largest absolute Gasteiger partial charge is 0.489 e. The Balaban J connectivity index is 1.72. The number of sulfonamides is 1. The van der Waals surface area contributed by atoms with Gasteiger partial charge in [0.2, 0.25) is 0 Å². The lowest BCUT2D eigenvalue weighted by Gasteiger charge is -2.11. The van der Waals surface area contributed by atoms with Gasteiger partial charge in [-0.2, -0.15) is 5.26 Å². The van der Waals surface area contributed by atoms with E-state index in [1.165, 1.54) is 24.3 Å². The third-order valence-corrected chi connectivity index (χ3v) is 5.03. The van der Waals surface area contributed by atoms with Crippen LogP contribution in [0.4, 0.5) is 5.69 Å². The van der Waals surface area contributed by atoms with E-state index >= 15 is 0 Å². The van der Waals surface area contributed by atoms with Gasteiger partial charge in [-0.05, 0) is 42.0 Å². The van der Waals surface area contributed by atoms with Crippen molar-refractivity contribution < 1.29 is 13.2 Å². The zero-order valence-electron chi connectivity index (χ0n) is 13.8. The van der Waals surface area contributed by atoms with E-state index in [9.17, 15) is 8.42 Å². The minimum Gasteiger partial charge on any atom is -0.489 e. The van der Waals surface area contributed by atoms with Gasteiger partial charge in [0.15, 0.2) is 0 Å². The highest BCUT2D eigenvalue weighted by Crippen LogP contribution is 2.22. The van der Waals surface area contributed by atoms with Gasteiger partial charge < -0.3 is 4.74 Å². The lowest BCUT2D eigenvalue weighted by atomic mass is 10.2. The smallest absolute Gasteiger partial charge is 0.261 e. The summed E-state index contributed by atoms with van der Waals surface area (Å²) < 4.78 is 33.1. The number of anilines is 1. The van der Waals surface area contributed by atoms with E-state index < -0.39 is 10.0 Å². The molecule has 1 N–H and O–H groups in total. The summed E-state index contributed by atoms with van der Waals surface area (Å²) in [5, 5.41) is 8.80. The Morgan fingerprint density at radius 3 is 2.35 bits per heavy atom. The molecule has 0 saturated carbocycles. The van der Waals surface area contributed by atoms with Crippen LogP contribution in [0.25, 0.3) is 0 Å². The number of hydrogen-bond donors (Lipinski definition) is 1. The summed E-state index contributed by atoms with van der Waals surface area (Å²) in [6, 6.07) is 24.2. The molecule has 0 spiro atoms. The molecular weight excluding hydrogens is 348 g/mol. The quantitative estimate of drug-likeness (QED) is 0.718. The fraction of sp³-hybridized carbons (Fsp3) is 0.0500. The first-order valence-corrected chi connectivity index (χ1v) is 9.35. The van der Waals surface area contributed by atoms with Crippen molar-refractivity contribution in [2.45, 2.75) is 11.5 Å². The second-order valence-electron chi connectivity index (χ2n) is 5.54. The Morgan fingerprint density at radius 2 is 1.65 bits per heavy atom. The molecule has 0 bridgehead atoms. The summed E-state index contributed by atoms with van der Waals surface area (Å²) >= 11 is 0. The van der Waals surface area contributed by atoms with Gasteiger partial charge in [0, 0.05) is 6.07 Å². The Hall–Kier alpha value is -3.30. The van der Waals surface area contributed by atoms with Gasteiger partial charge in [-0.15, -0.1) is 0 Å². The van der Waals surface area contributed by atoms with Gasteiger partial charge in [0.05, 0.1) is 22.2 Å². The Bertz CT molecular complexity index is 1020. The Labute approximate surface area is 152 Å². The zero-order chi connectivity index (χ0) is 18.4. The SMILES string of the molecule is N#Cc1ccc(S(=O)(=O)Nc2cccc(OCc3ccccc3)c2)cc1. The first kappa shape index (κ1) is 17.5. The zero-order valence-corrected chi connectivity index (χ0v) is 14.6. The molecule has 3 aromatic carbocycles. The molecule has 0 atom stereocenters. The van der Waals surface area contributed by atoms with E-state index in [1.807, 2.05) is 36.4 Å². The highest BCUT2D eigenvalue weighted by Gasteiger charge is 2.14. The molecule has 6 heteroatoms. The summed E-state index contributed by atoms with van der Waals surface area (Å²) in [7, 11) is -3.74. The minimum absolute atomic E-state index is 0.0899. The second kappa shape index (κ2) is 7.72. The molecule has 0 aliphatic carbocycles. The van der Waals surface area contributed by atoms with Crippen LogP contribution in [0.1, 0.15) is 11.1 Å². The van der Waals surface area contributed by atoms with Crippen LogP contribution in [0, 0.1) is 11.3 Å². The van der Waals surface area contributed by atoms with Crippen LogP contribution in [0.3, 0.4) is 0 Å². The monoisotopic (exact) mass is 364 g/mol. The van der Waals surface area contributed by atoms with Crippen LogP contribution in [0.2, 0.25) is 0 Å². The minimum atomic E-state index is -3.74. The van der Waals surface area contributed by atoms with Gasteiger partial charge in [-0.3, -0.25) is 4.72 Å². The molecule has 0 heterocycles. The van der Waals surface area contributed by atoms with Gasteiger partial charge >= 0.3 is 0 Å². The molecular formula is C20H16N2O3S. The van der Waals surface area contributed by atoms with E-state index in [1.54, 1.807) is 24.3 Å². The topological polar surface area (TPSA) is 79.2 Å². The number of rotatable bonds is 6. The first-order chi connectivity index (χ1) is 12.6. The van der Waals surface area contributed by atoms with E-state index in [4.69, 9.17) is 10.00 Å². The maximum Gasteiger partial charge on any atom is 0.261 e. The van der Waals surface area contributed by atoms with E-state index in [0.29, 0.717) is 23.6 Å². The normalized spacial score (nSPS) is 10.7. The molecule has 0 saturated heterocycles. The molecule has 3 aromatic rings. The molecule has 0 radical (unpaired) electrons. The standard InChI is InChI=1S/C20H16N2O3S/c21-14-16-9-11-20(12-10-16)26(23,24)22-18-7-4-8-19(13-18)25-15-17-5-2-1-3-6-17/h1-13,22H,15H2. The van der Waals surface area contributed by atoms with Crippen molar-refractivity contribution in [1.82, 2.24) is 0 Å². The fourth-order valence-electron chi connectivity index (χ4n) is 2.31. The number of nitriles is 1. The van der Waals surface area contributed by atoms with Crippen LogP contribution in [-0.2, 0) is 16.6 Å². The highest BCUT2D eigenvalue weighted by atomic mass is 32.2. The number of hydrogen-bond acceptors (Lipinski definition) is 4. The molecule has 26 heavy (non-hydrogen) atoms. The van der Waals surface area contributed by atoms with Crippen molar-refractivity contribution >= 4 is 15.7 Å². The number of ether oxygens (including phenoxy) is 1. The maximum atomic E-state index is 12.5. The van der Waals surface area contributed by atoms with Crippen LogP contribution in [0.15, 0.2) is 83.8 Å². The molecule has 0 unspecified atom stereocenters. The summed E-state index contributed by atoms with van der Waals surface area (Å²) in [4.78, 5) is 0.0899. The average molecular weight is 364 g/mol. The van der Waals surface area contributed by atoms with Crippen LogP contribution < -0.4 is 9.46 Å². The summed E-state index contributed by atoms with van der Waals surface area (Å²) in [5.41, 5.74) is 1.83. The molecule has 5 nitrogen and oxygen atoms in total. The van der Waals surface area contributed by atoms with Gasteiger partial charge in [-0.25, -0.2) is 8.42 Å². The third kappa shape index (κ3) is 4.41. The van der Waals surface area contributed by atoms with Crippen LogP contribution >= 0.6 is 0 Å². The first-order valence-electron chi connectivity index (χ1n) is 7.86. The lowest BCUT2D eigenvalue weighted by molar-refractivity contribution is 0.306. The Kier molecular flexibility index (Phi) is 5.20. The fourth-order valence-corrected chi connectivity index (χ4v) is 3.36. The summed E-state index contributed by atoms with van der Waals surface area (Å²) in [6.07, 6.45) is 0.